The quantitative estimate of drug-likeness (QED) is 0.448. The van der Waals surface area contributed by atoms with Gasteiger partial charge in [0.1, 0.15) is 4.90 Å². The van der Waals surface area contributed by atoms with E-state index in [0.29, 0.717) is 5.56 Å². The second-order valence-corrected chi connectivity index (χ2v) is 7.33. The van der Waals surface area contributed by atoms with Crippen molar-refractivity contribution in [2.75, 3.05) is 7.11 Å². The third-order valence-corrected chi connectivity index (χ3v) is 5.26. The monoisotopic (exact) mass is 408 g/mol. The summed E-state index contributed by atoms with van der Waals surface area (Å²) in [4.78, 5) is 1.75. The molecule has 0 aliphatic heterocycles. The third kappa shape index (κ3) is 4.24. The van der Waals surface area contributed by atoms with Crippen LogP contribution >= 0.6 is 34.8 Å². The molecule has 0 saturated carbocycles. The predicted octanol–water partition coefficient (Wildman–Crippen LogP) is 3.67. The minimum Gasteiger partial charge on any atom is -0.504 e. The number of nitrogens with zero attached hydrogens (tertiary/aromatic N) is 1. The topological polar surface area (TPSA) is 88.0 Å². The lowest BCUT2D eigenvalue weighted by molar-refractivity contribution is 0.373. The Bertz CT molecular complexity index is 901. The molecular formula is C14H11Cl3N2O4S. The number of rotatable bonds is 5. The standard InChI is InChI=1S/C14H11Cl3N2O4S/c1-23-13-3-2-8(4-12(13)20)7-18-19-24(21,22)14-6-10(16)9(15)5-11(14)17/h2-7,19-20H,1H3. The van der Waals surface area contributed by atoms with Crippen molar-refractivity contribution < 1.29 is 18.3 Å². The molecule has 2 aromatic rings. The highest BCUT2D eigenvalue weighted by molar-refractivity contribution is 7.89. The number of sulfonamides is 1. The zero-order valence-corrected chi connectivity index (χ0v) is 15.2. The lowest BCUT2D eigenvalue weighted by Gasteiger charge is -2.07. The van der Waals surface area contributed by atoms with Gasteiger partial charge in [0, 0.05) is 0 Å². The van der Waals surface area contributed by atoms with E-state index in [1.165, 1.54) is 31.5 Å². The van der Waals surface area contributed by atoms with Gasteiger partial charge in [-0.1, -0.05) is 34.8 Å². The van der Waals surface area contributed by atoms with E-state index in [9.17, 15) is 13.5 Å². The number of benzene rings is 2. The first kappa shape index (κ1) is 18.7. The summed E-state index contributed by atoms with van der Waals surface area (Å²) < 4.78 is 29.3. The molecule has 0 saturated heterocycles. The number of hydrazone groups is 1. The van der Waals surface area contributed by atoms with Gasteiger partial charge in [-0.05, 0) is 35.9 Å². The first-order chi connectivity index (χ1) is 11.2. The van der Waals surface area contributed by atoms with Crippen LogP contribution in [0.4, 0.5) is 0 Å². The van der Waals surface area contributed by atoms with Crippen LogP contribution in [-0.4, -0.2) is 26.8 Å². The van der Waals surface area contributed by atoms with E-state index in [2.05, 4.69) is 5.10 Å². The minimum atomic E-state index is -4.03. The van der Waals surface area contributed by atoms with E-state index in [1.807, 2.05) is 4.83 Å². The van der Waals surface area contributed by atoms with Crippen LogP contribution in [0.1, 0.15) is 5.56 Å². The summed E-state index contributed by atoms with van der Waals surface area (Å²) >= 11 is 17.4. The van der Waals surface area contributed by atoms with Crippen molar-refractivity contribution in [2.24, 2.45) is 5.10 Å². The highest BCUT2D eigenvalue weighted by atomic mass is 35.5. The molecule has 2 aromatic carbocycles. The molecule has 128 valence electrons. The summed E-state index contributed by atoms with van der Waals surface area (Å²) in [6.45, 7) is 0. The van der Waals surface area contributed by atoms with Crippen molar-refractivity contribution in [1.82, 2.24) is 4.83 Å². The average Bonchev–Trinajstić information content (AvgIpc) is 2.50. The smallest absolute Gasteiger partial charge is 0.278 e. The van der Waals surface area contributed by atoms with Crippen LogP contribution in [0.5, 0.6) is 11.5 Å². The van der Waals surface area contributed by atoms with E-state index >= 15 is 0 Å². The summed E-state index contributed by atoms with van der Waals surface area (Å²) in [6, 6.07) is 6.82. The normalized spacial score (nSPS) is 11.7. The number of phenols is 1. The van der Waals surface area contributed by atoms with Gasteiger partial charge in [0.15, 0.2) is 11.5 Å². The van der Waals surface area contributed by atoms with Crippen LogP contribution in [0.15, 0.2) is 40.3 Å². The number of ether oxygens (including phenoxy) is 1. The molecular weight excluding hydrogens is 399 g/mol. The van der Waals surface area contributed by atoms with Gasteiger partial charge < -0.3 is 9.84 Å². The van der Waals surface area contributed by atoms with Gasteiger partial charge in [0.25, 0.3) is 10.0 Å². The van der Waals surface area contributed by atoms with Crippen LogP contribution < -0.4 is 9.57 Å². The average molecular weight is 410 g/mol. The first-order valence-corrected chi connectivity index (χ1v) is 8.92. The summed E-state index contributed by atoms with van der Waals surface area (Å²) in [6.07, 6.45) is 1.21. The van der Waals surface area contributed by atoms with Gasteiger partial charge in [-0.25, -0.2) is 4.83 Å². The number of hydrogen-bond donors (Lipinski definition) is 2. The molecule has 0 fully saturated rings. The Morgan fingerprint density at radius 3 is 2.42 bits per heavy atom. The molecule has 0 radical (unpaired) electrons. The Kier molecular flexibility index (Phi) is 5.82. The van der Waals surface area contributed by atoms with E-state index in [0.717, 1.165) is 6.07 Å². The van der Waals surface area contributed by atoms with Crippen molar-refractivity contribution in [3.63, 3.8) is 0 Å². The van der Waals surface area contributed by atoms with Gasteiger partial charge in [-0.15, -0.1) is 0 Å². The van der Waals surface area contributed by atoms with Crippen LogP contribution in [0.2, 0.25) is 15.1 Å². The van der Waals surface area contributed by atoms with Crippen molar-refractivity contribution in [2.45, 2.75) is 4.90 Å². The van der Waals surface area contributed by atoms with Gasteiger partial charge in [-0.2, -0.15) is 13.5 Å². The molecule has 0 amide bonds. The fraction of sp³-hybridized carbons (Fsp3) is 0.0714. The Balaban J connectivity index is 2.21. The second-order valence-electron chi connectivity index (χ2n) is 4.48. The molecule has 10 heteroatoms. The summed E-state index contributed by atoms with van der Waals surface area (Å²) in [5.74, 6) is 0.187. The van der Waals surface area contributed by atoms with E-state index in [4.69, 9.17) is 39.5 Å². The number of nitrogens with one attached hydrogen (secondary N) is 1. The molecule has 0 aliphatic carbocycles. The highest BCUT2D eigenvalue weighted by Crippen LogP contribution is 2.31. The summed E-state index contributed by atoms with van der Waals surface area (Å²) in [7, 11) is -2.62. The van der Waals surface area contributed by atoms with Crippen molar-refractivity contribution in [3.8, 4) is 11.5 Å². The molecule has 2 N–H and O–H groups in total. The predicted molar refractivity (Wildman–Crippen MR) is 94.0 cm³/mol. The Morgan fingerprint density at radius 2 is 1.79 bits per heavy atom. The van der Waals surface area contributed by atoms with Crippen LogP contribution in [0.25, 0.3) is 0 Å². The molecule has 0 aromatic heterocycles. The molecule has 0 heterocycles. The molecule has 2 rings (SSSR count). The van der Waals surface area contributed by atoms with E-state index in [1.54, 1.807) is 6.07 Å². The van der Waals surface area contributed by atoms with Gasteiger partial charge >= 0.3 is 0 Å². The SMILES string of the molecule is COc1ccc(C=NNS(=O)(=O)c2cc(Cl)c(Cl)cc2Cl)cc1O. The first-order valence-electron chi connectivity index (χ1n) is 6.31. The molecule has 0 atom stereocenters. The molecule has 24 heavy (non-hydrogen) atoms. The number of hydrogen-bond acceptors (Lipinski definition) is 5. The van der Waals surface area contributed by atoms with E-state index < -0.39 is 10.0 Å². The maximum absolute atomic E-state index is 12.2. The lowest BCUT2D eigenvalue weighted by Crippen LogP contribution is -2.18. The zero-order chi connectivity index (χ0) is 17.9. The second kappa shape index (κ2) is 7.48. The fourth-order valence-corrected chi connectivity index (χ4v) is 3.51. The Labute approximate surface area is 153 Å². The van der Waals surface area contributed by atoms with Crippen LogP contribution in [-0.2, 0) is 10.0 Å². The lowest BCUT2D eigenvalue weighted by atomic mass is 10.2. The number of methoxy groups -OCH3 is 1. The van der Waals surface area contributed by atoms with Gasteiger partial charge in [-0.3, -0.25) is 0 Å². The number of phenolic OH excluding ortho intramolecular Hbond substituents is 1. The maximum Gasteiger partial charge on any atom is 0.278 e. The van der Waals surface area contributed by atoms with Gasteiger partial charge in [0.05, 0.1) is 28.4 Å². The van der Waals surface area contributed by atoms with Crippen molar-refractivity contribution in [1.29, 1.82) is 0 Å². The van der Waals surface area contributed by atoms with Crippen molar-refractivity contribution in [3.05, 3.63) is 51.0 Å². The molecule has 6 nitrogen and oxygen atoms in total. The molecule has 0 aliphatic rings. The zero-order valence-electron chi connectivity index (χ0n) is 12.1. The number of halogens is 3. The summed E-state index contributed by atoms with van der Waals surface area (Å²) in [5, 5.41) is 13.4. The largest absolute Gasteiger partial charge is 0.504 e. The van der Waals surface area contributed by atoms with Crippen LogP contribution in [0.3, 0.4) is 0 Å². The van der Waals surface area contributed by atoms with E-state index in [-0.39, 0.29) is 31.5 Å². The molecule has 0 spiro atoms. The summed E-state index contributed by atoms with van der Waals surface area (Å²) in [5.41, 5.74) is 0.455. The number of aromatic hydroxyl groups is 1. The Hall–Kier alpha value is -1.67. The van der Waals surface area contributed by atoms with Crippen LogP contribution in [0, 0.1) is 0 Å². The fourth-order valence-electron chi connectivity index (χ4n) is 1.72. The van der Waals surface area contributed by atoms with Crippen molar-refractivity contribution >= 4 is 51.0 Å². The minimum absolute atomic E-state index is 0.0468. The van der Waals surface area contributed by atoms with Gasteiger partial charge in [0.2, 0.25) is 0 Å². The Morgan fingerprint density at radius 1 is 1.12 bits per heavy atom. The molecule has 0 bridgehead atoms. The maximum atomic E-state index is 12.2. The highest BCUT2D eigenvalue weighted by Gasteiger charge is 2.19. The molecule has 0 unspecified atom stereocenters. The third-order valence-electron chi connectivity index (χ3n) is 2.85.